The summed E-state index contributed by atoms with van der Waals surface area (Å²) in [5.74, 6) is 1.87. The van der Waals surface area contributed by atoms with Gasteiger partial charge in [-0.1, -0.05) is 12.1 Å². The van der Waals surface area contributed by atoms with E-state index in [0.29, 0.717) is 11.7 Å². The quantitative estimate of drug-likeness (QED) is 0.802. The molecule has 3 aromatic rings. The summed E-state index contributed by atoms with van der Waals surface area (Å²) in [4.78, 5) is 4.43. The summed E-state index contributed by atoms with van der Waals surface area (Å²) in [6.45, 7) is 2.03. The van der Waals surface area contributed by atoms with Crippen molar-refractivity contribution < 1.29 is 9.47 Å². The molecule has 108 valence electrons. The molecule has 5 heteroatoms. The number of aryl methyl sites for hydroxylation is 1. The Hall–Kier alpha value is -2.69. The second-order valence-corrected chi connectivity index (χ2v) is 4.79. The van der Waals surface area contributed by atoms with E-state index in [-0.39, 0.29) is 0 Å². The van der Waals surface area contributed by atoms with Crippen LogP contribution in [0.4, 0.5) is 5.95 Å². The molecule has 0 amide bonds. The lowest BCUT2D eigenvalue weighted by Crippen LogP contribution is -2.04. The van der Waals surface area contributed by atoms with Crippen molar-refractivity contribution in [1.29, 1.82) is 0 Å². The summed E-state index contributed by atoms with van der Waals surface area (Å²) < 4.78 is 12.7. The molecule has 0 spiro atoms. The topological polar surface area (TPSA) is 62.3 Å². The first-order chi connectivity index (χ1) is 10.2. The lowest BCUT2D eigenvalue weighted by Gasteiger charge is -2.14. The molecule has 21 heavy (non-hydrogen) atoms. The molecule has 0 radical (unpaired) electrons. The molecule has 2 N–H and O–H groups in total. The van der Waals surface area contributed by atoms with Crippen LogP contribution in [-0.2, 0) is 0 Å². The summed E-state index contributed by atoms with van der Waals surface area (Å²) in [7, 11) is 3.26. The van der Waals surface area contributed by atoms with Crippen molar-refractivity contribution in [2.24, 2.45) is 0 Å². The summed E-state index contributed by atoms with van der Waals surface area (Å²) in [5, 5.41) is 0. The molecule has 0 aliphatic carbocycles. The van der Waals surface area contributed by atoms with Gasteiger partial charge in [0.25, 0.3) is 0 Å². The first-order valence-corrected chi connectivity index (χ1v) is 6.61. The highest BCUT2D eigenvalue weighted by Crippen LogP contribution is 2.33. The van der Waals surface area contributed by atoms with Gasteiger partial charge in [-0.2, -0.15) is 0 Å². The van der Waals surface area contributed by atoms with Gasteiger partial charge in [-0.25, -0.2) is 4.98 Å². The van der Waals surface area contributed by atoms with Gasteiger partial charge in [0.2, 0.25) is 5.95 Å². The molecule has 0 saturated carbocycles. The van der Waals surface area contributed by atoms with E-state index < -0.39 is 0 Å². The number of nitrogens with two attached hydrogens (primary N) is 1. The number of ether oxygens (including phenoxy) is 2. The largest absolute Gasteiger partial charge is 0.497 e. The summed E-state index contributed by atoms with van der Waals surface area (Å²) in [6.07, 6.45) is 0. The van der Waals surface area contributed by atoms with Crippen molar-refractivity contribution in [3.63, 3.8) is 0 Å². The summed E-state index contributed by atoms with van der Waals surface area (Å²) in [6, 6.07) is 11.6. The predicted octanol–water partition coefficient (Wildman–Crippen LogP) is 2.93. The van der Waals surface area contributed by atoms with E-state index >= 15 is 0 Å². The van der Waals surface area contributed by atoms with Gasteiger partial charge in [-0.3, -0.25) is 4.57 Å². The van der Waals surface area contributed by atoms with Crippen LogP contribution in [0.15, 0.2) is 36.4 Å². The Bertz CT molecular complexity index is 809. The molecule has 1 heterocycles. The Morgan fingerprint density at radius 1 is 1.10 bits per heavy atom. The number of para-hydroxylation sites is 1. The molecule has 0 unspecified atom stereocenters. The smallest absolute Gasteiger partial charge is 0.206 e. The van der Waals surface area contributed by atoms with E-state index in [2.05, 4.69) is 4.98 Å². The lowest BCUT2D eigenvalue weighted by atomic mass is 10.2. The summed E-state index contributed by atoms with van der Waals surface area (Å²) in [5.41, 5.74) is 9.87. The van der Waals surface area contributed by atoms with Crippen LogP contribution in [0.25, 0.3) is 16.7 Å². The third-order valence-corrected chi connectivity index (χ3v) is 3.53. The SMILES string of the molecule is COc1ccc(OC)c(-n2c(N)nc3cccc(C)c32)c1. The minimum absolute atomic E-state index is 0.422. The Kier molecular flexibility index (Phi) is 3.17. The normalized spacial score (nSPS) is 10.8. The molecule has 0 fully saturated rings. The van der Waals surface area contributed by atoms with Crippen LogP contribution in [0, 0.1) is 6.92 Å². The molecule has 0 bridgehead atoms. The number of aromatic nitrogens is 2. The molecule has 0 saturated heterocycles. The standard InChI is InChI=1S/C16H17N3O2/c1-10-5-4-6-12-15(10)19(16(17)18-12)13-9-11(20-2)7-8-14(13)21-3/h4-9H,1-3H3,(H2,17,18). The number of nitrogens with zero attached hydrogens (tertiary/aromatic N) is 2. The highest BCUT2D eigenvalue weighted by atomic mass is 16.5. The number of rotatable bonds is 3. The fourth-order valence-corrected chi connectivity index (χ4v) is 2.53. The van der Waals surface area contributed by atoms with E-state index in [1.165, 1.54) is 0 Å². The van der Waals surface area contributed by atoms with Crippen molar-refractivity contribution in [2.75, 3.05) is 20.0 Å². The van der Waals surface area contributed by atoms with E-state index in [9.17, 15) is 0 Å². The Morgan fingerprint density at radius 3 is 2.62 bits per heavy atom. The Morgan fingerprint density at radius 2 is 1.90 bits per heavy atom. The van der Waals surface area contributed by atoms with E-state index in [1.807, 2.05) is 47.9 Å². The monoisotopic (exact) mass is 283 g/mol. The Labute approximate surface area is 122 Å². The third kappa shape index (κ3) is 2.07. The van der Waals surface area contributed by atoms with Crippen LogP contribution in [0.3, 0.4) is 0 Å². The van der Waals surface area contributed by atoms with Crippen LogP contribution in [0.5, 0.6) is 11.5 Å². The van der Waals surface area contributed by atoms with Crippen molar-refractivity contribution in [2.45, 2.75) is 6.92 Å². The van der Waals surface area contributed by atoms with Crippen LogP contribution in [0.2, 0.25) is 0 Å². The maximum absolute atomic E-state index is 6.12. The van der Waals surface area contributed by atoms with Crippen molar-refractivity contribution in [3.05, 3.63) is 42.0 Å². The van der Waals surface area contributed by atoms with Gasteiger partial charge < -0.3 is 15.2 Å². The second kappa shape index (κ2) is 5.01. The number of nitrogen functional groups attached to an aromatic ring is 1. The molecule has 0 aliphatic rings. The number of hydrogen-bond donors (Lipinski definition) is 1. The number of imidazole rings is 1. The molecule has 0 aliphatic heterocycles. The van der Waals surface area contributed by atoms with Gasteiger partial charge in [0.15, 0.2) is 0 Å². The fraction of sp³-hybridized carbons (Fsp3) is 0.188. The molecule has 2 aromatic carbocycles. The maximum atomic E-state index is 6.12. The third-order valence-electron chi connectivity index (χ3n) is 3.53. The van der Waals surface area contributed by atoms with Gasteiger partial charge in [0.1, 0.15) is 11.5 Å². The molecule has 5 nitrogen and oxygen atoms in total. The minimum atomic E-state index is 0.422. The van der Waals surface area contributed by atoms with Crippen LogP contribution >= 0.6 is 0 Å². The molecular weight excluding hydrogens is 266 g/mol. The average Bonchev–Trinajstić information content (AvgIpc) is 2.84. The van der Waals surface area contributed by atoms with E-state index in [4.69, 9.17) is 15.2 Å². The molecule has 1 aromatic heterocycles. The van der Waals surface area contributed by atoms with Crippen molar-refractivity contribution in [1.82, 2.24) is 9.55 Å². The number of benzene rings is 2. The van der Waals surface area contributed by atoms with Crippen LogP contribution < -0.4 is 15.2 Å². The van der Waals surface area contributed by atoms with Gasteiger partial charge >= 0.3 is 0 Å². The van der Waals surface area contributed by atoms with Gasteiger partial charge in [-0.05, 0) is 30.7 Å². The lowest BCUT2D eigenvalue weighted by molar-refractivity contribution is 0.402. The highest BCUT2D eigenvalue weighted by Gasteiger charge is 2.16. The van der Waals surface area contributed by atoms with E-state index in [0.717, 1.165) is 28.0 Å². The highest BCUT2D eigenvalue weighted by molar-refractivity contribution is 5.84. The fourth-order valence-electron chi connectivity index (χ4n) is 2.53. The van der Waals surface area contributed by atoms with Gasteiger partial charge in [0, 0.05) is 6.07 Å². The first kappa shape index (κ1) is 13.3. The zero-order chi connectivity index (χ0) is 15.0. The van der Waals surface area contributed by atoms with Crippen LogP contribution in [0.1, 0.15) is 5.56 Å². The van der Waals surface area contributed by atoms with Crippen LogP contribution in [-0.4, -0.2) is 23.8 Å². The predicted molar refractivity (Wildman–Crippen MR) is 83.3 cm³/mol. The second-order valence-electron chi connectivity index (χ2n) is 4.79. The number of methoxy groups -OCH3 is 2. The van der Waals surface area contributed by atoms with Gasteiger partial charge in [-0.15, -0.1) is 0 Å². The summed E-state index contributed by atoms with van der Waals surface area (Å²) >= 11 is 0. The molecule has 3 rings (SSSR count). The minimum Gasteiger partial charge on any atom is -0.497 e. The molecule has 0 atom stereocenters. The zero-order valence-corrected chi connectivity index (χ0v) is 12.3. The first-order valence-electron chi connectivity index (χ1n) is 6.61. The number of hydrogen-bond acceptors (Lipinski definition) is 4. The average molecular weight is 283 g/mol. The van der Waals surface area contributed by atoms with E-state index in [1.54, 1.807) is 14.2 Å². The molecular formula is C16H17N3O2. The number of fused-ring (bicyclic) bond motifs is 1. The van der Waals surface area contributed by atoms with Crippen molar-refractivity contribution >= 4 is 17.0 Å². The Balaban J connectivity index is 2.37. The number of anilines is 1. The van der Waals surface area contributed by atoms with Crippen molar-refractivity contribution in [3.8, 4) is 17.2 Å². The maximum Gasteiger partial charge on any atom is 0.206 e. The zero-order valence-electron chi connectivity index (χ0n) is 12.3. The van der Waals surface area contributed by atoms with Gasteiger partial charge in [0.05, 0.1) is 30.9 Å².